The van der Waals surface area contributed by atoms with Crippen LogP contribution in [0.5, 0.6) is 0 Å². The van der Waals surface area contributed by atoms with Crippen LogP contribution in [-0.2, 0) is 4.74 Å². The number of halogens is 1. The highest BCUT2D eigenvalue weighted by Gasteiger charge is 2.30. The summed E-state index contributed by atoms with van der Waals surface area (Å²) >= 11 is 0. The topological polar surface area (TPSA) is 79.5 Å². The number of nitrogens with one attached hydrogen (secondary N) is 1. The minimum absolute atomic E-state index is 0.233. The summed E-state index contributed by atoms with van der Waals surface area (Å²) in [4.78, 5) is 12.2. The number of hydrogen-bond acceptors (Lipinski definition) is 7. The fourth-order valence-corrected chi connectivity index (χ4v) is 2.82. The Balaban J connectivity index is 1.70. The predicted molar refractivity (Wildman–Crippen MR) is 72.8 cm³/mol. The van der Waals surface area contributed by atoms with Crippen molar-refractivity contribution in [3.63, 3.8) is 0 Å². The average molecular weight is 282 g/mol. The first-order valence-electron chi connectivity index (χ1n) is 6.84. The van der Waals surface area contributed by atoms with E-state index in [-0.39, 0.29) is 5.95 Å². The molecule has 20 heavy (non-hydrogen) atoms. The van der Waals surface area contributed by atoms with Crippen molar-refractivity contribution in [3.05, 3.63) is 12.0 Å². The molecule has 0 aliphatic carbocycles. The highest BCUT2D eigenvalue weighted by Crippen LogP contribution is 2.24. The number of nitrogens with zero attached hydrogens (tertiary/aromatic N) is 4. The molecule has 1 aromatic heterocycles. The van der Waals surface area contributed by atoms with Gasteiger partial charge in [0, 0.05) is 32.2 Å². The normalized spacial score (nSPS) is 24.1. The van der Waals surface area contributed by atoms with Gasteiger partial charge >= 0.3 is 0 Å². The Kier molecular flexibility index (Phi) is 3.95. The Labute approximate surface area is 116 Å². The van der Waals surface area contributed by atoms with Crippen molar-refractivity contribution in [2.75, 3.05) is 49.7 Å². The fourth-order valence-electron chi connectivity index (χ4n) is 2.82. The highest BCUT2D eigenvalue weighted by molar-refractivity contribution is 5.44. The summed E-state index contributed by atoms with van der Waals surface area (Å²) in [5, 5.41) is 0. The minimum Gasteiger partial charge on any atom is -0.379 e. The molecule has 2 aliphatic rings. The lowest BCUT2D eigenvalue weighted by Gasteiger charge is -2.32. The van der Waals surface area contributed by atoms with E-state index in [9.17, 15) is 4.39 Å². The van der Waals surface area contributed by atoms with Crippen LogP contribution in [0, 0.1) is 5.82 Å². The van der Waals surface area contributed by atoms with E-state index < -0.39 is 5.82 Å². The van der Waals surface area contributed by atoms with Crippen molar-refractivity contribution in [1.82, 2.24) is 14.9 Å². The van der Waals surface area contributed by atoms with E-state index in [0.717, 1.165) is 52.0 Å². The number of ether oxygens (including phenoxy) is 1. The van der Waals surface area contributed by atoms with E-state index in [4.69, 9.17) is 10.6 Å². The molecular weight excluding hydrogens is 263 g/mol. The molecule has 0 saturated carbocycles. The summed E-state index contributed by atoms with van der Waals surface area (Å²) in [6.07, 6.45) is 2.16. The molecule has 1 aromatic rings. The summed E-state index contributed by atoms with van der Waals surface area (Å²) < 4.78 is 19.2. The molecule has 2 aliphatic heterocycles. The molecule has 0 aromatic carbocycles. The fraction of sp³-hybridized carbons (Fsp3) is 0.667. The summed E-state index contributed by atoms with van der Waals surface area (Å²) in [5.41, 5.74) is 2.35. The van der Waals surface area contributed by atoms with Gasteiger partial charge in [-0.3, -0.25) is 10.3 Å². The van der Waals surface area contributed by atoms with E-state index in [1.807, 2.05) is 4.90 Å². The van der Waals surface area contributed by atoms with Gasteiger partial charge in [0.05, 0.1) is 19.4 Å². The second-order valence-electron chi connectivity index (χ2n) is 5.05. The number of rotatable bonds is 3. The van der Waals surface area contributed by atoms with Crippen molar-refractivity contribution in [3.8, 4) is 0 Å². The molecule has 0 bridgehead atoms. The Morgan fingerprint density at radius 2 is 2.15 bits per heavy atom. The van der Waals surface area contributed by atoms with Crippen molar-refractivity contribution >= 4 is 11.8 Å². The number of hydrogen-bond donors (Lipinski definition) is 2. The zero-order valence-corrected chi connectivity index (χ0v) is 11.3. The lowest BCUT2D eigenvalue weighted by Crippen LogP contribution is -2.44. The summed E-state index contributed by atoms with van der Waals surface area (Å²) in [6, 6.07) is 0.433. The van der Waals surface area contributed by atoms with Gasteiger partial charge in [-0.2, -0.15) is 4.98 Å². The first kappa shape index (κ1) is 13.5. The number of nitrogen functional groups attached to an aromatic ring is 1. The molecule has 8 heteroatoms. The monoisotopic (exact) mass is 282 g/mol. The van der Waals surface area contributed by atoms with Gasteiger partial charge in [0.2, 0.25) is 5.95 Å². The largest absolute Gasteiger partial charge is 0.379 e. The lowest BCUT2D eigenvalue weighted by molar-refractivity contribution is 0.0209. The number of morpholine rings is 1. The molecule has 1 unspecified atom stereocenters. The second kappa shape index (κ2) is 5.86. The number of anilines is 2. The zero-order valence-electron chi connectivity index (χ0n) is 11.3. The number of hydrazine groups is 1. The van der Waals surface area contributed by atoms with Crippen LogP contribution in [0.15, 0.2) is 6.20 Å². The lowest BCUT2D eigenvalue weighted by atomic mass is 10.2. The second-order valence-corrected chi connectivity index (χ2v) is 5.05. The molecule has 1 atom stereocenters. The van der Waals surface area contributed by atoms with E-state index >= 15 is 0 Å². The van der Waals surface area contributed by atoms with Gasteiger partial charge in [0.1, 0.15) is 0 Å². The molecule has 0 spiro atoms. The van der Waals surface area contributed by atoms with Crippen LogP contribution in [0.25, 0.3) is 0 Å². The maximum absolute atomic E-state index is 13.9. The third-order valence-electron chi connectivity index (χ3n) is 3.88. The molecule has 2 saturated heterocycles. The van der Waals surface area contributed by atoms with Gasteiger partial charge in [0.15, 0.2) is 11.6 Å². The number of nitrogens with two attached hydrogens (primary N) is 1. The van der Waals surface area contributed by atoms with Crippen molar-refractivity contribution in [1.29, 1.82) is 0 Å². The molecule has 3 N–H and O–H groups in total. The first-order valence-corrected chi connectivity index (χ1v) is 6.84. The molecule has 3 heterocycles. The van der Waals surface area contributed by atoms with Crippen LogP contribution < -0.4 is 16.2 Å². The molecule has 3 rings (SSSR count). The minimum atomic E-state index is -0.411. The molecular formula is C12H19FN6O. The third-order valence-corrected chi connectivity index (χ3v) is 3.88. The maximum Gasteiger partial charge on any atom is 0.239 e. The SMILES string of the molecule is NNc1ncc(F)c(N2CCC(N3CCOCC3)C2)n1. The van der Waals surface area contributed by atoms with Crippen LogP contribution in [0.3, 0.4) is 0 Å². The van der Waals surface area contributed by atoms with Crippen molar-refractivity contribution < 1.29 is 9.13 Å². The highest BCUT2D eigenvalue weighted by atomic mass is 19.1. The van der Waals surface area contributed by atoms with Crippen molar-refractivity contribution in [2.24, 2.45) is 5.84 Å². The van der Waals surface area contributed by atoms with Crippen LogP contribution >= 0.6 is 0 Å². The van der Waals surface area contributed by atoms with E-state index in [1.165, 1.54) is 0 Å². The molecule has 0 amide bonds. The first-order chi connectivity index (χ1) is 9.78. The Bertz CT molecular complexity index is 467. The smallest absolute Gasteiger partial charge is 0.239 e. The van der Waals surface area contributed by atoms with Gasteiger partial charge in [-0.15, -0.1) is 0 Å². The Morgan fingerprint density at radius 1 is 1.35 bits per heavy atom. The van der Waals surface area contributed by atoms with E-state index in [0.29, 0.717) is 11.9 Å². The number of aromatic nitrogens is 2. The van der Waals surface area contributed by atoms with Crippen LogP contribution in [-0.4, -0.2) is 60.3 Å². The molecule has 0 radical (unpaired) electrons. The molecule has 7 nitrogen and oxygen atoms in total. The van der Waals surface area contributed by atoms with E-state index in [2.05, 4.69) is 20.3 Å². The van der Waals surface area contributed by atoms with Crippen LogP contribution in [0.2, 0.25) is 0 Å². The van der Waals surface area contributed by atoms with Gasteiger partial charge < -0.3 is 9.64 Å². The summed E-state index contributed by atoms with van der Waals surface area (Å²) in [6.45, 7) is 5.01. The summed E-state index contributed by atoms with van der Waals surface area (Å²) in [5.74, 6) is 5.42. The van der Waals surface area contributed by atoms with E-state index in [1.54, 1.807) is 0 Å². The Morgan fingerprint density at radius 3 is 2.90 bits per heavy atom. The average Bonchev–Trinajstić information content (AvgIpc) is 2.98. The quantitative estimate of drug-likeness (QED) is 0.587. The van der Waals surface area contributed by atoms with Crippen LogP contribution in [0.4, 0.5) is 16.2 Å². The van der Waals surface area contributed by atoms with Gasteiger partial charge in [-0.25, -0.2) is 15.2 Å². The van der Waals surface area contributed by atoms with Gasteiger partial charge in [0.25, 0.3) is 0 Å². The van der Waals surface area contributed by atoms with Crippen molar-refractivity contribution in [2.45, 2.75) is 12.5 Å². The standard InChI is InChI=1S/C12H19FN6O/c13-10-7-15-12(17-14)16-11(10)19-2-1-9(8-19)18-3-5-20-6-4-18/h7,9H,1-6,8,14H2,(H,15,16,17). The summed E-state index contributed by atoms with van der Waals surface area (Å²) in [7, 11) is 0. The third kappa shape index (κ3) is 2.67. The zero-order chi connectivity index (χ0) is 13.9. The maximum atomic E-state index is 13.9. The molecule has 2 fully saturated rings. The van der Waals surface area contributed by atoms with Crippen LogP contribution in [0.1, 0.15) is 6.42 Å². The van der Waals surface area contributed by atoms with Gasteiger partial charge in [-0.1, -0.05) is 0 Å². The predicted octanol–water partition coefficient (Wildman–Crippen LogP) is -0.188. The Hall–Kier alpha value is -1.51. The van der Waals surface area contributed by atoms with Gasteiger partial charge in [-0.05, 0) is 6.42 Å². The molecule has 110 valence electrons.